The summed E-state index contributed by atoms with van der Waals surface area (Å²) in [6.45, 7) is 0.170. The third-order valence-electron chi connectivity index (χ3n) is 5.13. The highest BCUT2D eigenvalue weighted by atomic mass is 19.3. The van der Waals surface area contributed by atoms with Crippen LogP contribution in [0.3, 0.4) is 0 Å². The van der Waals surface area contributed by atoms with Crippen LogP contribution < -0.4 is 15.8 Å². The molecule has 3 heterocycles. The molecule has 162 valence electrons. The highest BCUT2D eigenvalue weighted by Crippen LogP contribution is 2.32. The van der Waals surface area contributed by atoms with Gasteiger partial charge in [0, 0.05) is 55.3 Å². The first kappa shape index (κ1) is 20.8. The van der Waals surface area contributed by atoms with Crippen LogP contribution >= 0.6 is 0 Å². The Morgan fingerprint density at radius 1 is 1.10 bits per heavy atom. The maximum Gasteiger partial charge on any atom is 0.259 e. The number of amides is 1. The Kier molecular flexibility index (Phi) is 5.38. The lowest BCUT2D eigenvalue weighted by molar-refractivity contribution is -0.0102. The molecule has 0 spiro atoms. The molecule has 31 heavy (non-hydrogen) atoms. The Hall–Kier alpha value is -3.43. The number of carbonyl (C=O) groups is 1. The van der Waals surface area contributed by atoms with Crippen molar-refractivity contribution < 1.29 is 22.4 Å². The summed E-state index contributed by atoms with van der Waals surface area (Å²) >= 11 is 0. The van der Waals surface area contributed by atoms with Crippen LogP contribution in [0.4, 0.5) is 29.1 Å². The molecule has 10 heteroatoms. The molecule has 6 nitrogen and oxygen atoms in total. The minimum absolute atomic E-state index is 0.00371. The fourth-order valence-electron chi connectivity index (χ4n) is 3.56. The van der Waals surface area contributed by atoms with E-state index in [9.17, 15) is 27.2 Å². The number of hydrogen-bond donors (Lipinski definition) is 2. The molecule has 0 saturated carbocycles. The second-order valence-corrected chi connectivity index (χ2v) is 7.41. The van der Waals surface area contributed by atoms with Gasteiger partial charge < -0.3 is 15.2 Å². The Morgan fingerprint density at radius 3 is 2.65 bits per heavy atom. The summed E-state index contributed by atoms with van der Waals surface area (Å²) in [6, 6.07) is 5.80. The van der Waals surface area contributed by atoms with E-state index in [0.717, 1.165) is 12.1 Å². The van der Waals surface area contributed by atoms with Crippen LogP contribution in [-0.2, 0) is 0 Å². The van der Waals surface area contributed by atoms with E-state index >= 15 is 0 Å². The zero-order valence-electron chi connectivity index (χ0n) is 16.2. The maximum absolute atomic E-state index is 13.8. The number of nitrogens with one attached hydrogen (secondary N) is 2. The third-order valence-corrected chi connectivity index (χ3v) is 5.13. The van der Waals surface area contributed by atoms with Crippen LogP contribution in [0, 0.1) is 11.6 Å². The van der Waals surface area contributed by atoms with Crippen molar-refractivity contribution in [3.63, 3.8) is 0 Å². The van der Waals surface area contributed by atoms with Crippen molar-refractivity contribution >= 4 is 28.3 Å². The number of alkyl halides is 2. The average Bonchev–Trinajstić information content (AvgIpc) is 2.88. The number of nitrogens with zero attached hydrogens (tertiary/aromatic N) is 2. The monoisotopic (exact) mass is 434 g/mol. The number of fused-ring (bicyclic) bond motifs is 1. The number of rotatable bonds is 3. The number of H-pyrrole nitrogens is 1. The second kappa shape index (κ2) is 8.01. The fraction of sp³-hybridized carbons (Fsp3) is 0.286. The van der Waals surface area contributed by atoms with Gasteiger partial charge in [0.05, 0.1) is 11.1 Å². The largest absolute Gasteiger partial charge is 0.356 e. The lowest BCUT2D eigenvalue weighted by atomic mass is 10.1. The van der Waals surface area contributed by atoms with Gasteiger partial charge in [-0.15, -0.1) is 0 Å². The standard InChI is InChI=1S/C21H18F4N4O2/c22-15-9-12-8-14(20(31)27-13-2-5-26-18(30)10-13)19(28-17(12)11-16(15)23)29-6-1-3-21(24,25)4-7-29/h2,5,8-11H,1,3-4,6-7H2,(H2,26,27,30,31). The van der Waals surface area contributed by atoms with Gasteiger partial charge in [-0.25, -0.2) is 22.5 Å². The van der Waals surface area contributed by atoms with Gasteiger partial charge in [-0.2, -0.15) is 0 Å². The highest BCUT2D eigenvalue weighted by molar-refractivity contribution is 6.09. The first-order chi connectivity index (χ1) is 14.7. The van der Waals surface area contributed by atoms with E-state index < -0.39 is 35.4 Å². The number of anilines is 2. The zero-order chi connectivity index (χ0) is 22.2. The summed E-state index contributed by atoms with van der Waals surface area (Å²) in [5.74, 6) is -5.59. The first-order valence-electron chi connectivity index (χ1n) is 9.64. The number of benzene rings is 1. The van der Waals surface area contributed by atoms with Gasteiger partial charge in [-0.3, -0.25) is 9.59 Å². The molecule has 1 amide bonds. The van der Waals surface area contributed by atoms with Gasteiger partial charge in [-0.05, 0) is 24.6 Å². The van der Waals surface area contributed by atoms with Gasteiger partial charge in [-0.1, -0.05) is 0 Å². The SMILES string of the molecule is O=C(Nc1cc[nH]c(=O)c1)c1cc2cc(F)c(F)cc2nc1N1CCCC(F)(F)CC1. The van der Waals surface area contributed by atoms with Crippen molar-refractivity contribution in [2.75, 3.05) is 23.3 Å². The van der Waals surface area contributed by atoms with Crippen molar-refractivity contribution in [3.8, 4) is 0 Å². The zero-order valence-corrected chi connectivity index (χ0v) is 16.2. The molecule has 0 radical (unpaired) electrons. The summed E-state index contributed by atoms with van der Waals surface area (Å²) < 4.78 is 55.1. The van der Waals surface area contributed by atoms with E-state index in [4.69, 9.17) is 0 Å². The summed E-state index contributed by atoms with van der Waals surface area (Å²) in [5, 5.41) is 2.74. The number of aromatic nitrogens is 2. The maximum atomic E-state index is 13.8. The highest BCUT2D eigenvalue weighted by Gasteiger charge is 2.33. The van der Waals surface area contributed by atoms with Gasteiger partial charge in [0.15, 0.2) is 11.6 Å². The van der Waals surface area contributed by atoms with Crippen LogP contribution in [0.5, 0.6) is 0 Å². The molecule has 1 aliphatic heterocycles. The van der Waals surface area contributed by atoms with E-state index in [0.29, 0.717) is 0 Å². The molecule has 4 rings (SSSR count). The van der Waals surface area contributed by atoms with Crippen LogP contribution in [-0.4, -0.2) is 34.9 Å². The number of halogens is 4. The van der Waals surface area contributed by atoms with Crippen LogP contribution in [0.2, 0.25) is 0 Å². The fourth-order valence-corrected chi connectivity index (χ4v) is 3.56. The first-order valence-corrected chi connectivity index (χ1v) is 9.64. The number of hydrogen-bond acceptors (Lipinski definition) is 4. The van der Waals surface area contributed by atoms with Gasteiger partial charge in [0.1, 0.15) is 5.82 Å². The Balaban J connectivity index is 1.79. The molecule has 0 unspecified atom stereocenters. The molecule has 1 aliphatic rings. The second-order valence-electron chi connectivity index (χ2n) is 7.41. The smallest absolute Gasteiger partial charge is 0.259 e. The predicted octanol–water partition coefficient (Wildman–Crippen LogP) is 4.08. The van der Waals surface area contributed by atoms with E-state index in [-0.39, 0.29) is 53.9 Å². The van der Waals surface area contributed by atoms with E-state index in [1.54, 1.807) is 4.90 Å². The molecule has 3 aromatic rings. The summed E-state index contributed by atoms with van der Waals surface area (Å²) in [6.07, 6.45) is 0.830. The average molecular weight is 434 g/mol. The van der Waals surface area contributed by atoms with Crippen molar-refractivity contribution in [3.05, 3.63) is 64.1 Å². The van der Waals surface area contributed by atoms with Crippen molar-refractivity contribution in [2.45, 2.75) is 25.2 Å². The van der Waals surface area contributed by atoms with E-state index in [1.165, 1.54) is 24.4 Å². The van der Waals surface area contributed by atoms with E-state index in [1.807, 2.05) is 0 Å². The quantitative estimate of drug-likeness (QED) is 0.609. The normalized spacial score (nSPS) is 16.2. The number of carbonyl (C=O) groups excluding carboxylic acids is 1. The van der Waals surface area contributed by atoms with Gasteiger partial charge in [0.25, 0.3) is 5.91 Å². The van der Waals surface area contributed by atoms with Crippen molar-refractivity contribution in [1.82, 2.24) is 9.97 Å². The third kappa shape index (κ3) is 4.52. The van der Waals surface area contributed by atoms with Gasteiger partial charge >= 0.3 is 0 Å². The molecule has 1 saturated heterocycles. The van der Waals surface area contributed by atoms with Crippen molar-refractivity contribution in [2.24, 2.45) is 0 Å². The molecule has 0 atom stereocenters. The molecule has 1 aromatic carbocycles. The minimum Gasteiger partial charge on any atom is -0.356 e. The van der Waals surface area contributed by atoms with E-state index in [2.05, 4.69) is 15.3 Å². The molecular weight excluding hydrogens is 416 g/mol. The summed E-state index contributed by atoms with van der Waals surface area (Å²) in [7, 11) is 0. The molecule has 2 aromatic heterocycles. The van der Waals surface area contributed by atoms with Gasteiger partial charge in [0.2, 0.25) is 11.5 Å². The molecule has 2 N–H and O–H groups in total. The van der Waals surface area contributed by atoms with Crippen molar-refractivity contribution in [1.29, 1.82) is 0 Å². The topological polar surface area (TPSA) is 78.1 Å². The Labute approximate surface area is 173 Å². The number of pyridine rings is 2. The molecule has 0 bridgehead atoms. The predicted molar refractivity (Wildman–Crippen MR) is 108 cm³/mol. The van der Waals surface area contributed by atoms with Crippen LogP contribution in [0.15, 0.2) is 41.3 Å². The lowest BCUT2D eigenvalue weighted by Crippen LogP contribution is -2.29. The van der Waals surface area contributed by atoms with Crippen LogP contribution in [0.25, 0.3) is 10.9 Å². The molecular formula is C21H18F4N4O2. The molecule has 0 aliphatic carbocycles. The Morgan fingerprint density at radius 2 is 1.87 bits per heavy atom. The van der Waals surface area contributed by atoms with Crippen LogP contribution in [0.1, 0.15) is 29.6 Å². The summed E-state index contributed by atoms with van der Waals surface area (Å²) in [5.41, 5.74) is -0.115. The number of aromatic amines is 1. The lowest BCUT2D eigenvalue weighted by Gasteiger charge is -2.24. The summed E-state index contributed by atoms with van der Waals surface area (Å²) in [4.78, 5) is 32.8. The Bertz CT molecular complexity index is 1210. The molecule has 1 fully saturated rings. The minimum atomic E-state index is -2.83.